The van der Waals surface area contributed by atoms with Gasteiger partial charge in [0, 0.05) is 23.5 Å². The van der Waals surface area contributed by atoms with Gasteiger partial charge in [-0.15, -0.1) is 0 Å². The number of phenols is 1. The van der Waals surface area contributed by atoms with Crippen LogP contribution in [0.25, 0.3) is 0 Å². The summed E-state index contributed by atoms with van der Waals surface area (Å²) in [5, 5.41) is 30.8. The third-order valence-corrected chi connectivity index (χ3v) is 8.54. The molecule has 2 saturated carbocycles. The second-order valence-corrected chi connectivity index (χ2v) is 10.8. The molecule has 1 aromatic rings. The highest BCUT2D eigenvalue weighted by Gasteiger charge is 2.64. The fraction of sp³-hybridized carbons (Fsp3) is 0.607. The molecule has 3 N–H and O–H groups in total. The maximum Gasteiger partial charge on any atom is 0.181 e. The van der Waals surface area contributed by atoms with Gasteiger partial charge in [-0.1, -0.05) is 33.1 Å². The summed E-state index contributed by atoms with van der Waals surface area (Å²) in [4.78, 5) is 52.0. The number of phenolic OH excluding ortho intramolecular Hbond substituents is 1. The van der Waals surface area contributed by atoms with Crippen molar-refractivity contribution >= 4 is 28.8 Å². The highest BCUT2D eigenvalue weighted by Crippen LogP contribution is 2.52. The average Bonchev–Trinajstić information content (AvgIpc) is 2.81. The van der Waals surface area contributed by atoms with Gasteiger partial charge in [-0.05, 0) is 44.1 Å². The summed E-state index contributed by atoms with van der Waals surface area (Å²) in [5.74, 6) is -6.23. The monoisotopic (exact) mass is 497 g/mol. The first-order valence-corrected chi connectivity index (χ1v) is 12.8. The molecule has 3 aliphatic rings. The Morgan fingerprint density at radius 2 is 1.94 bits per heavy atom. The smallest absolute Gasteiger partial charge is 0.181 e. The van der Waals surface area contributed by atoms with E-state index >= 15 is 0 Å². The van der Waals surface area contributed by atoms with Crippen molar-refractivity contribution in [1.82, 2.24) is 0 Å². The zero-order chi connectivity index (χ0) is 26.5. The van der Waals surface area contributed by atoms with Gasteiger partial charge in [0.15, 0.2) is 17.2 Å². The largest absolute Gasteiger partial charge is 0.507 e. The molecule has 6 atom stereocenters. The number of Topliss-reactive ketones (excluding diaryl/α,β-unsaturated/α-hetero) is 4. The second kappa shape index (κ2) is 9.54. The van der Waals surface area contributed by atoms with Gasteiger partial charge in [0.25, 0.3) is 0 Å². The third kappa shape index (κ3) is 3.81. The molecule has 3 aliphatic carbocycles. The molecular formula is C28H35NO7. The Bertz CT molecular complexity index is 1160. The van der Waals surface area contributed by atoms with E-state index < -0.39 is 58.1 Å². The van der Waals surface area contributed by atoms with Crippen LogP contribution < -0.4 is 4.74 Å². The molecule has 6 unspecified atom stereocenters. The molecule has 4 rings (SSSR count). The van der Waals surface area contributed by atoms with Gasteiger partial charge in [0.1, 0.15) is 29.0 Å². The number of hydrogen-bond acceptors (Lipinski definition) is 8. The third-order valence-electron chi connectivity index (χ3n) is 8.54. The summed E-state index contributed by atoms with van der Waals surface area (Å²) in [6.45, 7) is 5.35. The van der Waals surface area contributed by atoms with E-state index in [4.69, 9.17) is 10.1 Å². The second-order valence-electron chi connectivity index (χ2n) is 10.8. The average molecular weight is 498 g/mol. The van der Waals surface area contributed by atoms with Gasteiger partial charge in [-0.3, -0.25) is 19.2 Å². The lowest BCUT2D eigenvalue weighted by atomic mass is 9.53. The Labute approximate surface area is 210 Å². The molecule has 8 heteroatoms. The standard InChI is InChI=1S/C28H35NO7/c1-5-6-7-8-13(2)17-12-20(32)23-18(25(17)36-4)10-15-9-16-11-19(31)21(14(3)30)26(29)28(16,35)27(34)22(15)24(23)33/h12-13,15-16,21-22,29,32,35H,5-11H2,1-4H3. The number of unbranched alkanes of at least 4 members (excludes halogenated alkanes) is 2. The lowest BCUT2D eigenvalue weighted by Crippen LogP contribution is -2.67. The molecule has 0 aliphatic heterocycles. The van der Waals surface area contributed by atoms with Gasteiger partial charge >= 0.3 is 0 Å². The zero-order valence-electron chi connectivity index (χ0n) is 21.3. The van der Waals surface area contributed by atoms with Crippen LogP contribution in [0.1, 0.15) is 86.7 Å². The predicted octanol–water partition coefficient (Wildman–Crippen LogP) is 3.57. The van der Waals surface area contributed by atoms with Crippen LogP contribution in [0.2, 0.25) is 0 Å². The molecule has 0 spiro atoms. The van der Waals surface area contributed by atoms with Crippen molar-refractivity contribution in [3.63, 3.8) is 0 Å². The quantitative estimate of drug-likeness (QED) is 0.386. The van der Waals surface area contributed by atoms with Gasteiger partial charge in [0.05, 0.1) is 24.3 Å². The predicted molar refractivity (Wildman–Crippen MR) is 132 cm³/mol. The Morgan fingerprint density at radius 3 is 2.56 bits per heavy atom. The maximum absolute atomic E-state index is 13.7. The first kappa shape index (κ1) is 26.2. The zero-order valence-corrected chi connectivity index (χ0v) is 21.3. The molecular weight excluding hydrogens is 462 g/mol. The van der Waals surface area contributed by atoms with Crippen molar-refractivity contribution in [2.75, 3.05) is 7.11 Å². The van der Waals surface area contributed by atoms with Crippen molar-refractivity contribution in [1.29, 1.82) is 5.41 Å². The Kier molecular flexibility index (Phi) is 6.94. The van der Waals surface area contributed by atoms with E-state index in [1.54, 1.807) is 6.07 Å². The van der Waals surface area contributed by atoms with Crippen LogP contribution in [0.5, 0.6) is 11.5 Å². The number of carbonyl (C=O) groups excluding carboxylic acids is 4. The van der Waals surface area contributed by atoms with E-state index in [0.29, 0.717) is 11.3 Å². The highest BCUT2D eigenvalue weighted by atomic mass is 16.5. The molecule has 36 heavy (non-hydrogen) atoms. The van der Waals surface area contributed by atoms with Crippen LogP contribution >= 0.6 is 0 Å². The molecule has 0 aromatic heterocycles. The molecule has 0 bridgehead atoms. The fourth-order valence-electron chi connectivity index (χ4n) is 6.69. The number of rotatable bonds is 7. The molecule has 2 fully saturated rings. The minimum absolute atomic E-state index is 0.0227. The molecule has 194 valence electrons. The lowest BCUT2D eigenvalue weighted by Gasteiger charge is -2.50. The van der Waals surface area contributed by atoms with Crippen LogP contribution in [0.15, 0.2) is 6.07 Å². The maximum atomic E-state index is 13.7. The SMILES string of the molecule is CCCCCC(C)c1cc(O)c2c(c1OC)CC1CC3CC(=O)C(C(C)=O)C(=N)C3(O)C(=O)C1C2=O. The summed E-state index contributed by atoms with van der Waals surface area (Å²) in [6.07, 6.45) is 4.36. The molecule has 1 aromatic carbocycles. The van der Waals surface area contributed by atoms with Crippen LogP contribution in [0.3, 0.4) is 0 Å². The minimum Gasteiger partial charge on any atom is -0.507 e. The highest BCUT2D eigenvalue weighted by molar-refractivity contribution is 6.32. The van der Waals surface area contributed by atoms with E-state index in [-0.39, 0.29) is 36.5 Å². The van der Waals surface area contributed by atoms with E-state index in [1.165, 1.54) is 7.11 Å². The van der Waals surface area contributed by atoms with Crippen LogP contribution in [-0.4, -0.2) is 51.8 Å². The van der Waals surface area contributed by atoms with Crippen LogP contribution in [0.4, 0.5) is 0 Å². The Hall–Kier alpha value is -2.87. The number of carbonyl (C=O) groups is 4. The number of aliphatic hydroxyl groups is 1. The van der Waals surface area contributed by atoms with E-state index in [9.17, 15) is 29.4 Å². The first-order chi connectivity index (χ1) is 17.0. The molecule has 0 amide bonds. The Morgan fingerprint density at radius 1 is 1.25 bits per heavy atom. The van der Waals surface area contributed by atoms with Crippen molar-refractivity contribution in [2.45, 2.75) is 77.2 Å². The van der Waals surface area contributed by atoms with Crippen LogP contribution in [0, 0.1) is 29.1 Å². The number of ether oxygens (including phenoxy) is 1. The number of methoxy groups -OCH3 is 1. The van der Waals surface area contributed by atoms with E-state index in [2.05, 4.69) is 13.8 Å². The number of fused-ring (bicyclic) bond motifs is 3. The Balaban J connectivity index is 1.76. The van der Waals surface area contributed by atoms with Crippen molar-refractivity contribution < 1.29 is 34.1 Å². The number of aromatic hydroxyl groups is 1. The number of hydrogen-bond donors (Lipinski definition) is 3. The van der Waals surface area contributed by atoms with Gasteiger partial charge in [0.2, 0.25) is 0 Å². The fourth-order valence-corrected chi connectivity index (χ4v) is 6.69. The lowest BCUT2D eigenvalue weighted by molar-refractivity contribution is -0.151. The van der Waals surface area contributed by atoms with Gasteiger partial charge in [-0.25, -0.2) is 0 Å². The first-order valence-electron chi connectivity index (χ1n) is 12.8. The summed E-state index contributed by atoms with van der Waals surface area (Å²) >= 11 is 0. The van der Waals surface area contributed by atoms with Gasteiger partial charge < -0.3 is 20.4 Å². The van der Waals surface area contributed by atoms with Crippen molar-refractivity contribution in [3.05, 3.63) is 22.8 Å². The number of nitrogens with one attached hydrogen (secondary N) is 1. The van der Waals surface area contributed by atoms with E-state index in [0.717, 1.165) is 38.2 Å². The van der Waals surface area contributed by atoms with Crippen molar-refractivity contribution in [3.8, 4) is 11.5 Å². The van der Waals surface area contributed by atoms with Crippen LogP contribution in [-0.2, 0) is 20.8 Å². The van der Waals surface area contributed by atoms with Gasteiger partial charge in [-0.2, -0.15) is 0 Å². The number of ketones is 4. The summed E-state index contributed by atoms with van der Waals surface area (Å²) in [7, 11) is 1.53. The number of benzene rings is 1. The normalized spacial score (nSPS) is 30.4. The molecule has 0 saturated heterocycles. The molecule has 0 radical (unpaired) electrons. The molecule has 0 heterocycles. The van der Waals surface area contributed by atoms with Crippen molar-refractivity contribution in [2.24, 2.45) is 23.7 Å². The topological polar surface area (TPSA) is 142 Å². The summed E-state index contributed by atoms with van der Waals surface area (Å²) in [5.41, 5.74) is -1.58. The summed E-state index contributed by atoms with van der Waals surface area (Å²) in [6, 6.07) is 1.55. The molecule has 8 nitrogen and oxygen atoms in total. The van der Waals surface area contributed by atoms with E-state index in [1.807, 2.05) is 0 Å². The minimum atomic E-state index is -2.34. The summed E-state index contributed by atoms with van der Waals surface area (Å²) < 4.78 is 5.76.